The third-order valence-corrected chi connectivity index (χ3v) is 10.7. The van der Waals surface area contributed by atoms with E-state index in [0.29, 0.717) is 32.5 Å². The molecular formula is C31H43N3O4S. The van der Waals surface area contributed by atoms with Crippen molar-refractivity contribution in [2.75, 3.05) is 31.1 Å². The van der Waals surface area contributed by atoms with Crippen LogP contribution in [-0.4, -0.2) is 80.4 Å². The van der Waals surface area contributed by atoms with Gasteiger partial charge in [0.1, 0.15) is 6.04 Å². The lowest BCUT2D eigenvalue weighted by Gasteiger charge is -2.44. The molecule has 4 rings (SSSR count). The van der Waals surface area contributed by atoms with E-state index in [-0.39, 0.29) is 35.5 Å². The maximum Gasteiger partial charge on any atom is 0.247 e. The summed E-state index contributed by atoms with van der Waals surface area (Å²) in [6, 6.07) is 8.85. The molecule has 0 aromatic heterocycles. The molecule has 0 saturated carbocycles. The minimum absolute atomic E-state index is 0.0295. The van der Waals surface area contributed by atoms with E-state index < -0.39 is 28.2 Å². The van der Waals surface area contributed by atoms with Crippen LogP contribution in [0.4, 0.5) is 5.69 Å². The second-order valence-electron chi connectivity index (χ2n) is 12.0. The van der Waals surface area contributed by atoms with Gasteiger partial charge in [-0.05, 0) is 58.1 Å². The van der Waals surface area contributed by atoms with Gasteiger partial charge in [0.25, 0.3) is 0 Å². The standard InChI is InChI=1S/C31H43N3O4S/c1-7-16-32(22-14-10-9-11-15-22)27(36)24-23-20-21(3)31(39-23)25(24)28(37)33(18-12-13-19-35)26(31)29(38)34(17-8-2)30(4,5)6/h7-11,14-15,21,23-26,35H,1-2,12-13,16-20H2,3-6H3/t21?,23-,24+,25+,26?,31?/m1/s1. The first-order valence-corrected chi connectivity index (χ1v) is 14.9. The van der Waals surface area contributed by atoms with Gasteiger partial charge in [-0.15, -0.1) is 24.9 Å². The van der Waals surface area contributed by atoms with Gasteiger partial charge in [-0.3, -0.25) is 14.4 Å². The van der Waals surface area contributed by atoms with Crippen LogP contribution in [0.2, 0.25) is 0 Å². The number of carbonyl (C=O) groups excluding carboxylic acids is 3. The number of nitrogens with zero attached hydrogens (tertiary/aromatic N) is 3. The molecule has 1 aromatic carbocycles. The van der Waals surface area contributed by atoms with Gasteiger partial charge in [0.15, 0.2) is 0 Å². The van der Waals surface area contributed by atoms with Gasteiger partial charge in [0.05, 0.1) is 16.6 Å². The lowest BCUT2D eigenvalue weighted by atomic mass is 9.65. The Morgan fingerprint density at radius 1 is 1.13 bits per heavy atom. The highest BCUT2D eigenvalue weighted by Crippen LogP contribution is 2.69. The molecule has 3 unspecified atom stereocenters. The highest BCUT2D eigenvalue weighted by Gasteiger charge is 2.76. The van der Waals surface area contributed by atoms with E-state index >= 15 is 0 Å². The van der Waals surface area contributed by atoms with Crippen molar-refractivity contribution in [1.29, 1.82) is 0 Å². The molecular weight excluding hydrogens is 510 g/mol. The van der Waals surface area contributed by atoms with E-state index in [4.69, 9.17) is 0 Å². The quantitative estimate of drug-likeness (QED) is 0.329. The molecule has 1 aromatic rings. The minimum Gasteiger partial charge on any atom is -0.396 e. The largest absolute Gasteiger partial charge is 0.396 e. The van der Waals surface area contributed by atoms with Crippen molar-refractivity contribution in [2.24, 2.45) is 17.8 Å². The maximum atomic E-state index is 14.5. The Morgan fingerprint density at radius 2 is 1.79 bits per heavy atom. The number of benzene rings is 1. The molecule has 3 amide bonds. The third kappa shape index (κ3) is 4.95. The monoisotopic (exact) mass is 553 g/mol. The normalized spacial score (nSPS) is 29.3. The lowest BCUT2D eigenvalue weighted by molar-refractivity contribution is -0.145. The first-order valence-electron chi connectivity index (χ1n) is 14.0. The Bertz CT molecular complexity index is 1100. The van der Waals surface area contributed by atoms with Crippen molar-refractivity contribution in [3.8, 4) is 0 Å². The molecule has 2 bridgehead atoms. The van der Waals surface area contributed by atoms with Crippen LogP contribution < -0.4 is 4.90 Å². The molecule has 3 heterocycles. The summed E-state index contributed by atoms with van der Waals surface area (Å²) in [5.41, 5.74) is 0.313. The van der Waals surface area contributed by atoms with Gasteiger partial charge in [-0.1, -0.05) is 37.3 Å². The second kappa shape index (κ2) is 11.5. The number of thioether (sulfide) groups is 1. The summed E-state index contributed by atoms with van der Waals surface area (Å²) in [7, 11) is 0. The Labute approximate surface area is 237 Å². The van der Waals surface area contributed by atoms with E-state index in [1.807, 2.05) is 56.0 Å². The number of aliphatic hydroxyl groups is 1. The molecule has 3 aliphatic rings. The van der Waals surface area contributed by atoms with E-state index in [9.17, 15) is 19.5 Å². The fourth-order valence-corrected chi connectivity index (χ4v) is 9.34. The molecule has 0 radical (unpaired) electrons. The number of likely N-dealkylation sites (tertiary alicyclic amines) is 1. The Balaban J connectivity index is 1.79. The highest BCUT2D eigenvalue weighted by atomic mass is 32.2. The van der Waals surface area contributed by atoms with Gasteiger partial charge in [0.2, 0.25) is 17.7 Å². The summed E-state index contributed by atoms with van der Waals surface area (Å²) in [6.45, 7) is 17.0. The zero-order valence-corrected chi connectivity index (χ0v) is 24.5. The molecule has 39 heavy (non-hydrogen) atoms. The first-order chi connectivity index (χ1) is 18.5. The minimum atomic E-state index is -0.681. The van der Waals surface area contributed by atoms with Crippen molar-refractivity contribution >= 4 is 35.2 Å². The van der Waals surface area contributed by atoms with Crippen molar-refractivity contribution in [3.63, 3.8) is 0 Å². The van der Waals surface area contributed by atoms with Crippen LogP contribution in [0.15, 0.2) is 55.6 Å². The summed E-state index contributed by atoms with van der Waals surface area (Å²) in [5, 5.41) is 9.40. The summed E-state index contributed by atoms with van der Waals surface area (Å²) >= 11 is 1.70. The summed E-state index contributed by atoms with van der Waals surface area (Å²) < 4.78 is -0.681. The number of carbonyl (C=O) groups is 3. The predicted molar refractivity (Wildman–Crippen MR) is 157 cm³/mol. The predicted octanol–water partition coefficient (Wildman–Crippen LogP) is 4.13. The molecule has 8 heteroatoms. The van der Waals surface area contributed by atoms with Crippen LogP contribution in [0, 0.1) is 17.8 Å². The van der Waals surface area contributed by atoms with Crippen molar-refractivity contribution < 1.29 is 19.5 Å². The summed E-state index contributed by atoms with van der Waals surface area (Å²) in [5.74, 6) is -1.26. The Kier molecular flexibility index (Phi) is 8.67. The number of hydrogen-bond donors (Lipinski definition) is 1. The van der Waals surface area contributed by atoms with Gasteiger partial charge in [-0.2, -0.15) is 0 Å². The van der Waals surface area contributed by atoms with Crippen LogP contribution in [0.5, 0.6) is 0 Å². The van der Waals surface area contributed by atoms with E-state index in [1.54, 1.807) is 33.7 Å². The van der Waals surface area contributed by atoms with Crippen molar-refractivity contribution in [2.45, 2.75) is 68.5 Å². The van der Waals surface area contributed by atoms with Crippen LogP contribution in [0.3, 0.4) is 0 Å². The number of fused-ring (bicyclic) bond motifs is 1. The number of aliphatic hydroxyl groups excluding tert-OH is 1. The highest BCUT2D eigenvalue weighted by molar-refractivity contribution is 8.02. The van der Waals surface area contributed by atoms with Crippen LogP contribution in [0.1, 0.15) is 47.0 Å². The molecule has 212 valence electrons. The number of amides is 3. The van der Waals surface area contributed by atoms with E-state index in [1.165, 1.54) is 0 Å². The average molecular weight is 554 g/mol. The van der Waals surface area contributed by atoms with E-state index in [0.717, 1.165) is 12.1 Å². The molecule has 0 aliphatic carbocycles. The molecule has 1 N–H and O–H groups in total. The lowest BCUT2D eigenvalue weighted by Crippen LogP contribution is -2.60. The second-order valence-corrected chi connectivity index (χ2v) is 13.5. The van der Waals surface area contributed by atoms with E-state index in [2.05, 4.69) is 20.1 Å². The first kappa shape index (κ1) is 29.4. The van der Waals surface area contributed by atoms with Gasteiger partial charge < -0.3 is 19.8 Å². The smallest absolute Gasteiger partial charge is 0.247 e. The summed E-state index contributed by atoms with van der Waals surface area (Å²) in [6.07, 6.45) is 5.37. The number of para-hydroxylation sites is 1. The van der Waals surface area contributed by atoms with Crippen LogP contribution in [0.25, 0.3) is 0 Å². The topological polar surface area (TPSA) is 81.2 Å². The molecule has 1 spiro atoms. The van der Waals surface area contributed by atoms with Gasteiger partial charge in [0, 0.05) is 42.7 Å². The zero-order valence-electron chi connectivity index (χ0n) is 23.7. The SMILES string of the molecule is C=CCN(C(=O)[C@@H]1[C@H]2C(=O)N(CCCCO)C(C(=O)N(CC=C)C(C)(C)C)C23S[C@@H]1CC3C)c1ccccc1. The number of hydrogen-bond acceptors (Lipinski definition) is 5. The summed E-state index contributed by atoms with van der Waals surface area (Å²) in [4.78, 5) is 48.4. The van der Waals surface area contributed by atoms with Crippen molar-refractivity contribution in [3.05, 3.63) is 55.6 Å². The average Bonchev–Trinajstić information content (AvgIpc) is 3.49. The van der Waals surface area contributed by atoms with Crippen molar-refractivity contribution in [1.82, 2.24) is 9.80 Å². The Morgan fingerprint density at radius 3 is 2.38 bits per heavy atom. The number of anilines is 1. The molecule has 7 nitrogen and oxygen atoms in total. The van der Waals surface area contributed by atoms with Crippen LogP contribution >= 0.6 is 11.8 Å². The molecule has 3 saturated heterocycles. The zero-order chi connectivity index (χ0) is 28.5. The van der Waals surface area contributed by atoms with Crippen LogP contribution in [-0.2, 0) is 14.4 Å². The molecule has 3 aliphatic heterocycles. The fraction of sp³-hybridized carbons (Fsp3) is 0.581. The molecule has 6 atom stereocenters. The van der Waals surface area contributed by atoms with Gasteiger partial charge >= 0.3 is 0 Å². The number of rotatable bonds is 11. The fourth-order valence-electron chi connectivity index (χ4n) is 6.93. The maximum absolute atomic E-state index is 14.5. The molecule has 3 fully saturated rings. The Hall–Kier alpha value is -2.58. The van der Waals surface area contributed by atoms with Gasteiger partial charge in [-0.25, -0.2) is 0 Å². The third-order valence-electron chi connectivity index (χ3n) is 8.60. The number of unbranched alkanes of at least 4 members (excludes halogenated alkanes) is 1.